The molecule has 0 fully saturated rings. The van der Waals surface area contributed by atoms with Crippen molar-refractivity contribution in [1.82, 2.24) is 24.8 Å². The van der Waals surface area contributed by atoms with Crippen molar-refractivity contribution in [2.24, 2.45) is 0 Å². The van der Waals surface area contributed by atoms with Crippen LogP contribution < -0.4 is 5.56 Å². The third-order valence-electron chi connectivity index (χ3n) is 5.24. The number of hydrogen-bond acceptors (Lipinski definition) is 5. The van der Waals surface area contributed by atoms with Gasteiger partial charge in [-0.1, -0.05) is 6.07 Å². The molecule has 0 aliphatic rings. The van der Waals surface area contributed by atoms with Crippen molar-refractivity contribution in [3.8, 4) is 11.4 Å². The fraction of sp³-hybridized carbons (Fsp3) is 0.130. The van der Waals surface area contributed by atoms with Gasteiger partial charge in [0.1, 0.15) is 0 Å². The molecule has 154 valence electrons. The van der Waals surface area contributed by atoms with Crippen molar-refractivity contribution in [1.29, 1.82) is 0 Å². The van der Waals surface area contributed by atoms with Crippen molar-refractivity contribution >= 4 is 39.2 Å². The summed E-state index contributed by atoms with van der Waals surface area (Å²) in [4.78, 5) is 41.9. The Kier molecular flexibility index (Phi) is 4.83. The number of nitrogens with zero attached hydrogens (tertiary/aromatic N) is 3. The molecule has 31 heavy (non-hydrogen) atoms. The number of benzene rings is 1. The number of nitrogens with one attached hydrogen (secondary N) is 2. The van der Waals surface area contributed by atoms with Gasteiger partial charge in [0, 0.05) is 59.1 Å². The topological polar surface area (TPSA) is 94.7 Å². The zero-order chi connectivity index (χ0) is 21.4. The highest BCUT2D eigenvalue weighted by Crippen LogP contribution is 2.24. The van der Waals surface area contributed by atoms with E-state index in [1.54, 1.807) is 24.2 Å². The van der Waals surface area contributed by atoms with Gasteiger partial charge in [-0.05, 0) is 36.4 Å². The van der Waals surface area contributed by atoms with Gasteiger partial charge in [-0.2, -0.15) is 0 Å². The van der Waals surface area contributed by atoms with Crippen LogP contribution in [-0.2, 0) is 6.42 Å². The third-order valence-corrected chi connectivity index (χ3v) is 5.97. The molecule has 0 atom stereocenters. The third kappa shape index (κ3) is 3.73. The molecule has 4 heterocycles. The number of amides is 1. The average molecular weight is 430 g/mol. The smallest absolute Gasteiger partial charge is 0.276 e. The largest absolute Gasteiger partial charge is 0.353 e. The number of thiophene rings is 1. The molecule has 0 aliphatic heterocycles. The summed E-state index contributed by atoms with van der Waals surface area (Å²) in [6.07, 6.45) is 2.45. The monoisotopic (exact) mass is 429 g/mol. The summed E-state index contributed by atoms with van der Waals surface area (Å²) in [5.74, 6) is -0.0590. The molecule has 0 unspecified atom stereocenters. The van der Waals surface area contributed by atoms with E-state index in [0.29, 0.717) is 29.9 Å². The fourth-order valence-electron chi connectivity index (χ4n) is 3.55. The highest BCUT2D eigenvalue weighted by molar-refractivity contribution is 7.09. The van der Waals surface area contributed by atoms with Crippen LogP contribution in [0.3, 0.4) is 0 Å². The Morgan fingerprint density at radius 2 is 2.00 bits per heavy atom. The van der Waals surface area contributed by atoms with Crippen molar-refractivity contribution in [2.45, 2.75) is 6.42 Å². The summed E-state index contributed by atoms with van der Waals surface area (Å²) in [5, 5.41) is 4.61. The molecule has 8 heteroatoms. The van der Waals surface area contributed by atoms with Crippen LogP contribution in [-0.4, -0.2) is 44.3 Å². The Labute approximate surface area is 181 Å². The maximum Gasteiger partial charge on any atom is 0.276 e. The maximum absolute atomic E-state index is 12.9. The maximum atomic E-state index is 12.9. The van der Waals surface area contributed by atoms with Gasteiger partial charge < -0.3 is 14.9 Å². The number of likely N-dealkylation sites (N-methyl/N-ethyl adjacent to an activating group) is 1. The number of fused-ring (bicyclic) bond motifs is 2. The molecule has 0 spiro atoms. The molecule has 0 saturated heterocycles. The second kappa shape index (κ2) is 7.81. The van der Waals surface area contributed by atoms with Crippen LogP contribution >= 0.6 is 11.3 Å². The Morgan fingerprint density at radius 1 is 1.10 bits per heavy atom. The van der Waals surface area contributed by atoms with Crippen LogP contribution in [0.25, 0.3) is 33.3 Å². The van der Waals surface area contributed by atoms with Gasteiger partial charge in [-0.15, -0.1) is 11.3 Å². The number of H-pyrrole nitrogens is 2. The minimum Gasteiger partial charge on any atom is -0.353 e. The lowest BCUT2D eigenvalue weighted by Gasteiger charge is -2.17. The summed E-state index contributed by atoms with van der Waals surface area (Å²) in [7, 11) is 1.79. The van der Waals surface area contributed by atoms with Crippen molar-refractivity contribution in [2.75, 3.05) is 13.6 Å². The summed E-state index contributed by atoms with van der Waals surface area (Å²) in [5.41, 5.74) is 4.59. The van der Waals surface area contributed by atoms with Crippen LogP contribution in [0, 0.1) is 0 Å². The molecule has 4 aromatic heterocycles. The molecular weight excluding hydrogens is 410 g/mol. The predicted molar refractivity (Wildman–Crippen MR) is 122 cm³/mol. The van der Waals surface area contributed by atoms with E-state index in [1.165, 1.54) is 11.3 Å². The van der Waals surface area contributed by atoms with Gasteiger partial charge in [0.05, 0.1) is 16.7 Å². The standard InChI is InChI=1S/C23H19N5O2S/c1-28(9-7-16-4-2-3-8-24-16)23(30)14-5-6-17-15(10-14)11-18(25-17)21-22(29)27-20-13-31-12-19(20)26-21/h2-6,8,10-13,25H,7,9H2,1H3,(H,27,29). The van der Waals surface area contributed by atoms with E-state index in [1.807, 2.05) is 47.2 Å². The molecule has 1 aromatic carbocycles. The van der Waals surface area contributed by atoms with Crippen molar-refractivity contribution in [3.63, 3.8) is 0 Å². The molecular formula is C23H19N5O2S. The number of aromatic amines is 2. The van der Waals surface area contributed by atoms with Gasteiger partial charge in [-0.3, -0.25) is 14.6 Å². The molecule has 0 radical (unpaired) electrons. The predicted octanol–water partition coefficient (Wildman–Crippen LogP) is 3.84. The number of carbonyl (C=O) groups excluding carboxylic acids is 1. The Hall–Kier alpha value is -3.78. The summed E-state index contributed by atoms with van der Waals surface area (Å²) >= 11 is 1.49. The first-order valence-corrected chi connectivity index (χ1v) is 10.8. The number of hydrogen-bond donors (Lipinski definition) is 2. The molecule has 5 aromatic rings. The van der Waals surface area contributed by atoms with E-state index >= 15 is 0 Å². The molecule has 5 rings (SSSR count). The van der Waals surface area contributed by atoms with E-state index in [4.69, 9.17) is 0 Å². The van der Waals surface area contributed by atoms with Crippen LogP contribution in [0.15, 0.2) is 64.2 Å². The number of carbonyl (C=O) groups is 1. The van der Waals surface area contributed by atoms with Crippen LogP contribution in [0.2, 0.25) is 0 Å². The molecule has 7 nitrogen and oxygen atoms in total. The Morgan fingerprint density at radius 3 is 2.84 bits per heavy atom. The molecule has 1 amide bonds. The summed E-state index contributed by atoms with van der Waals surface area (Å²) in [6.45, 7) is 0.576. The van der Waals surface area contributed by atoms with E-state index < -0.39 is 0 Å². The van der Waals surface area contributed by atoms with Crippen LogP contribution in [0.4, 0.5) is 0 Å². The van der Waals surface area contributed by atoms with Crippen LogP contribution in [0.5, 0.6) is 0 Å². The van der Waals surface area contributed by atoms with E-state index in [2.05, 4.69) is 19.9 Å². The zero-order valence-corrected chi connectivity index (χ0v) is 17.6. The first kappa shape index (κ1) is 19.2. The SMILES string of the molecule is CN(CCc1ccccn1)C(=O)c1ccc2[nH]c(-c3nc4cscc4[nH]c3=O)cc2c1. The molecule has 2 N–H and O–H groups in total. The first-order chi connectivity index (χ1) is 15.1. The molecule has 0 bridgehead atoms. The van der Waals surface area contributed by atoms with Crippen molar-refractivity contribution < 1.29 is 4.79 Å². The fourth-order valence-corrected chi connectivity index (χ4v) is 4.24. The minimum absolute atomic E-state index is 0.0590. The zero-order valence-electron chi connectivity index (χ0n) is 16.8. The van der Waals surface area contributed by atoms with E-state index in [-0.39, 0.29) is 11.5 Å². The van der Waals surface area contributed by atoms with Gasteiger partial charge in [-0.25, -0.2) is 4.98 Å². The van der Waals surface area contributed by atoms with Gasteiger partial charge in [0.2, 0.25) is 0 Å². The lowest BCUT2D eigenvalue weighted by atomic mass is 10.1. The van der Waals surface area contributed by atoms with Gasteiger partial charge >= 0.3 is 0 Å². The molecule has 0 aliphatic carbocycles. The van der Waals surface area contributed by atoms with E-state index in [9.17, 15) is 9.59 Å². The van der Waals surface area contributed by atoms with E-state index in [0.717, 1.165) is 27.6 Å². The minimum atomic E-state index is -0.247. The normalized spacial score (nSPS) is 11.3. The van der Waals surface area contributed by atoms with Crippen LogP contribution in [0.1, 0.15) is 16.1 Å². The lowest BCUT2D eigenvalue weighted by Crippen LogP contribution is -2.28. The highest BCUT2D eigenvalue weighted by atomic mass is 32.1. The molecule has 0 saturated carbocycles. The number of rotatable bonds is 5. The van der Waals surface area contributed by atoms with Gasteiger partial charge in [0.15, 0.2) is 5.69 Å². The summed E-state index contributed by atoms with van der Waals surface area (Å²) in [6, 6.07) is 13.1. The average Bonchev–Trinajstić information content (AvgIpc) is 3.42. The number of pyridine rings is 1. The lowest BCUT2D eigenvalue weighted by molar-refractivity contribution is 0.0796. The highest BCUT2D eigenvalue weighted by Gasteiger charge is 2.15. The first-order valence-electron chi connectivity index (χ1n) is 9.83. The summed E-state index contributed by atoms with van der Waals surface area (Å²) < 4.78 is 0. The quantitative estimate of drug-likeness (QED) is 0.444. The Balaban J connectivity index is 1.40. The van der Waals surface area contributed by atoms with Crippen molar-refractivity contribution in [3.05, 3.63) is 81.0 Å². The second-order valence-corrected chi connectivity index (χ2v) is 8.11. The second-order valence-electron chi connectivity index (χ2n) is 7.37. The Bertz CT molecular complexity index is 1450. The van der Waals surface area contributed by atoms with Gasteiger partial charge in [0.25, 0.3) is 11.5 Å². The number of aromatic nitrogens is 4.